The number of carbonyl (C=O) groups excluding carboxylic acids is 1. The van der Waals surface area contributed by atoms with Gasteiger partial charge in [-0.05, 0) is 61.0 Å². The number of ether oxygens (including phenoxy) is 2. The molecule has 38 heavy (non-hydrogen) atoms. The van der Waals surface area contributed by atoms with Crippen LogP contribution in [0.25, 0.3) is 39.0 Å². The van der Waals surface area contributed by atoms with Crippen molar-refractivity contribution in [3.63, 3.8) is 0 Å². The molecule has 0 aliphatic heterocycles. The number of H-pyrrole nitrogens is 1. The van der Waals surface area contributed by atoms with Gasteiger partial charge in [-0.1, -0.05) is 36.4 Å². The van der Waals surface area contributed by atoms with E-state index in [1.807, 2.05) is 60.7 Å². The molecule has 3 aromatic heterocycles. The smallest absolute Gasteiger partial charge is 0.305 e. The van der Waals surface area contributed by atoms with Gasteiger partial charge in [0.1, 0.15) is 5.75 Å². The van der Waals surface area contributed by atoms with Crippen LogP contribution >= 0.6 is 12.2 Å². The van der Waals surface area contributed by atoms with Crippen LogP contribution in [0.3, 0.4) is 0 Å². The first-order chi connectivity index (χ1) is 18.5. The highest BCUT2D eigenvalue weighted by Gasteiger charge is 2.13. The number of benzene rings is 2. The van der Waals surface area contributed by atoms with Gasteiger partial charge in [0.25, 0.3) is 0 Å². The van der Waals surface area contributed by atoms with Gasteiger partial charge < -0.3 is 19.6 Å². The van der Waals surface area contributed by atoms with Crippen molar-refractivity contribution in [2.75, 3.05) is 13.2 Å². The van der Waals surface area contributed by atoms with Crippen LogP contribution in [0.1, 0.15) is 19.8 Å². The van der Waals surface area contributed by atoms with Crippen LogP contribution in [0.4, 0.5) is 0 Å². The summed E-state index contributed by atoms with van der Waals surface area (Å²) >= 11 is 5.39. The number of aromatic hydroxyl groups is 1. The third-order valence-electron chi connectivity index (χ3n) is 6.05. The summed E-state index contributed by atoms with van der Waals surface area (Å²) in [6.45, 7) is 2.65. The molecule has 0 aliphatic carbocycles. The molecule has 0 saturated heterocycles. The van der Waals surface area contributed by atoms with Gasteiger partial charge >= 0.3 is 5.97 Å². The molecule has 5 rings (SSSR count). The number of aromatic amines is 1. The lowest BCUT2D eigenvalue weighted by Crippen LogP contribution is -2.06. The van der Waals surface area contributed by atoms with Crippen LogP contribution < -0.4 is 4.74 Å². The molecule has 0 saturated carbocycles. The molecular weight excluding hydrogens is 500 g/mol. The largest absolute Gasteiger partial charge is 0.494 e. The maximum absolute atomic E-state index is 11.4. The lowest BCUT2D eigenvalue weighted by molar-refractivity contribution is -0.143. The second-order valence-electron chi connectivity index (χ2n) is 8.57. The van der Waals surface area contributed by atoms with E-state index in [0.717, 1.165) is 39.0 Å². The van der Waals surface area contributed by atoms with Crippen molar-refractivity contribution in [2.24, 2.45) is 0 Å². The maximum atomic E-state index is 11.4. The molecular formula is C29H26N4O4S. The second-order valence-corrected chi connectivity index (χ2v) is 8.95. The van der Waals surface area contributed by atoms with E-state index in [9.17, 15) is 9.90 Å². The fourth-order valence-corrected chi connectivity index (χ4v) is 4.44. The molecule has 0 aliphatic rings. The van der Waals surface area contributed by atoms with Gasteiger partial charge in [0.05, 0.1) is 36.3 Å². The second kappa shape index (κ2) is 11.3. The predicted molar refractivity (Wildman–Crippen MR) is 148 cm³/mol. The summed E-state index contributed by atoms with van der Waals surface area (Å²) in [7, 11) is 0. The number of hydrogen-bond donors (Lipinski definition) is 2. The first-order valence-corrected chi connectivity index (χ1v) is 12.7. The van der Waals surface area contributed by atoms with Crippen LogP contribution in [0, 0.1) is 4.77 Å². The van der Waals surface area contributed by atoms with E-state index in [1.165, 1.54) is 6.20 Å². The summed E-state index contributed by atoms with van der Waals surface area (Å²) in [5.74, 6) is 0.566. The average Bonchev–Trinajstić information content (AvgIpc) is 3.28. The summed E-state index contributed by atoms with van der Waals surface area (Å²) in [6.07, 6.45) is 5.82. The molecule has 0 atom stereocenters. The molecule has 2 N–H and O–H groups in total. The third-order valence-corrected chi connectivity index (χ3v) is 6.35. The van der Waals surface area contributed by atoms with E-state index >= 15 is 0 Å². The predicted octanol–water partition coefficient (Wildman–Crippen LogP) is 6.24. The Bertz CT molecular complexity index is 1630. The number of fused-ring (bicyclic) bond motifs is 1. The molecule has 0 amide bonds. The molecule has 3 heterocycles. The summed E-state index contributed by atoms with van der Waals surface area (Å²) in [6, 6.07) is 19.7. The Labute approximate surface area is 224 Å². The SMILES string of the molecule is CCOC(=O)CCCOc1ccc(-c2ccc(-c3cc(-n4c(O)c[nH]c4=S)c4cnccc4n3)cc2)cc1. The Kier molecular flexibility index (Phi) is 7.46. The number of nitrogens with zero attached hydrogens (tertiary/aromatic N) is 3. The van der Waals surface area contributed by atoms with Gasteiger partial charge in [0, 0.05) is 29.8 Å². The first kappa shape index (κ1) is 25.2. The Morgan fingerprint density at radius 1 is 1.05 bits per heavy atom. The molecule has 0 unspecified atom stereocenters. The van der Waals surface area contributed by atoms with Gasteiger partial charge in [-0.2, -0.15) is 0 Å². The number of hydrogen-bond acceptors (Lipinski definition) is 7. The Morgan fingerprint density at radius 2 is 1.76 bits per heavy atom. The van der Waals surface area contributed by atoms with Crippen molar-refractivity contribution >= 4 is 29.1 Å². The van der Waals surface area contributed by atoms with Gasteiger partial charge in [0.15, 0.2) is 4.77 Å². The van der Waals surface area contributed by atoms with Gasteiger partial charge in [-0.25, -0.2) is 4.98 Å². The summed E-state index contributed by atoms with van der Waals surface area (Å²) in [5, 5.41) is 11.2. The summed E-state index contributed by atoms with van der Waals surface area (Å²) < 4.78 is 12.6. The normalized spacial score (nSPS) is 11.0. The van der Waals surface area contributed by atoms with E-state index in [0.29, 0.717) is 36.5 Å². The fourth-order valence-electron chi connectivity index (χ4n) is 4.19. The number of nitrogens with one attached hydrogen (secondary N) is 1. The molecule has 8 nitrogen and oxygen atoms in total. The Balaban J connectivity index is 1.34. The lowest BCUT2D eigenvalue weighted by Gasteiger charge is -2.12. The van der Waals surface area contributed by atoms with Gasteiger partial charge in [-0.3, -0.25) is 14.3 Å². The monoisotopic (exact) mass is 526 g/mol. The van der Waals surface area contributed by atoms with Crippen molar-refractivity contribution in [1.82, 2.24) is 19.5 Å². The molecule has 5 aromatic rings. The van der Waals surface area contributed by atoms with E-state index < -0.39 is 0 Å². The van der Waals surface area contributed by atoms with Crippen molar-refractivity contribution in [3.05, 3.63) is 84.0 Å². The molecule has 192 valence electrons. The van der Waals surface area contributed by atoms with Gasteiger partial charge in [-0.15, -0.1) is 0 Å². The number of esters is 1. The highest BCUT2D eigenvalue weighted by atomic mass is 32.1. The van der Waals surface area contributed by atoms with Crippen molar-refractivity contribution < 1.29 is 19.4 Å². The Hall–Kier alpha value is -4.50. The minimum atomic E-state index is -0.200. The third kappa shape index (κ3) is 5.42. The highest BCUT2D eigenvalue weighted by Crippen LogP contribution is 2.31. The van der Waals surface area contributed by atoms with Crippen LogP contribution in [-0.4, -0.2) is 43.8 Å². The molecule has 0 spiro atoms. The number of imidazole rings is 1. The van der Waals surface area contributed by atoms with E-state index in [4.69, 9.17) is 26.7 Å². The molecule has 0 radical (unpaired) electrons. The zero-order valence-corrected chi connectivity index (χ0v) is 21.6. The molecule has 0 bridgehead atoms. The van der Waals surface area contributed by atoms with Crippen LogP contribution in [0.15, 0.2) is 79.3 Å². The number of carbonyl (C=O) groups is 1. The van der Waals surface area contributed by atoms with E-state index in [2.05, 4.69) is 9.97 Å². The van der Waals surface area contributed by atoms with Crippen LogP contribution in [0.2, 0.25) is 0 Å². The number of aromatic nitrogens is 4. The first-order valence-electron chi connectivity index (χ1n) is 12.3. The van der Waals surface area contributed by atoms with Crippen LogP contribution in [0.5, 0.6) is 11.6 Å². The number of pyridine rings is 2. The zero-order chi connectivity index (χ0) is 26.5. The van der Waals surface area contributed by atoms with Crippen molar-refractivity contribution in [2.45, 2.75) is 19.8 Å². The average molecular weight is 527 g/mol. The maximum Gasteiger partial charge on any atom is 0.305 e. The highest BCUT2D eigenvalue weighted by molar-refractivity contribution is 7.71. The standard InChI is InChI=1S/C29H26N4O4S/c1-2-36-28(35)4-3-15-37-22-11-9-20(10-12-22)19-5-7-21(8-6-19)25-16-26(33-27(34)18-31-29(33)38)23-17-30-14-13-24(23)32-25/h5-14,16-18,34H,2-4,15H2,1H3,(H,31,38). The molecule has 0 fully saturated rings. The van der Waals surface area contributed by atoms with Gasteiger partial charge in [0.2, 0.25) is 5.88 Å². The molecule has 2 aromatic carbocycles. The van der Waals surface area contributed by atoms with E-state index in [-0.39, 0.29) is 11.8 Å². The quantitative estimate of drug-likeness (QED) is 0.133. The topological polar surface area (TPSA) is 102 Å². The van der Waals surface area contributed by atoms with Crippen LogP contribution in [-0.2, 0) is 9.53 Å². The number of rotatable bonds is 9. The zero-order valence-electron chi connectivity index (χ0n) is 20.8. The summed E-state index contributed by atoms with van der Waals surface area (Å²) in [4.78, 5) is 23.3. The summed E-state index contributed by atoms with van der Waals surface area (Å²) in [5.41, 5.74) is 5.23. The lowest BCUT2D eigenvalue weighted by atomic mass is 10.0. The minimum absolute atomic E-state index is 0.0130. The fraction of sp³-hybridized carbons (Fsp3) is 0.172. The van der Waals surface area contributed by atoms with Crippen molar-refractivity contribution in [1.29, 1.82) is 0 Å². The molecule has 9 heteroatoms. The van der Waals surface area contributed by atoms with E-state index in [1.54, 1.807) is 23.9 Å². The minimum Gasteiger partial charge on any atom is -0.494 e. The van der Waals surface area contributed by atoms with Crippen molar-refractivity contribution in [3.8, 4) is 39.7 Å². The Morgan fingerprint density at radius 3 is 2.45 bits per heavy atom.